The van der Waals surface area contributed by atoms with Gasteiger partial charge in [0.1, 0.15) is 0 Å². The Hall–Kier alpha value is -2.32. The summed E-state index contributed by atoms with van der Waals surface area (Å²) in [5.41, 5.74) is 2.48. The van der Waals surface area contributed by atoms with Crippen molar-refractivity contribution in [3.05, 3.63) is 23.8 Å². The van der Waals surface area contributed by atoms with Gasteiger partial charge in [0.05, 0.1) is 13.7 Å². The van der Waals surface area contributed by atoms with Gasteiger partial charge in [0.25, 0.3) is 5.91 Å². The molecule has 1 aromatic rings. The van der Waals surface area contributed by atoms with E-state index in [1.54, 1.807) is 12.1 Å². The zero-order valence-electron chi connectivity index (χ0n) is 11.6. The molecule has 0 aromatic heterocycles. The number of hydrogen-bond acceptors (Lipinski definition) is 7. The molecule has 1 aliphatic rings. The molecule has 0 saturated heterocycles. The number of fused-ring (bicyclic) bond motifs is 1. The highest BCUT2D eigenvalue weighted by Crippen LogP contribution is 2.32. The largest absolute Gasteiger partial charge is 0.467 e. The third-order valence-corrected chi connectivity index (χ3v) is 2.71. The molecule has 0 bridgehead atoms. The van der Waals surface area contributed by atoms with Gasteiger partial charge in [-0.05, 0) is 18.2 Å². The summed E-state index contributed by atoms with van der Waals surface area (Å²) in [5.74, 6) is -0.135. The van der Waals surface area contributed by atoms with E-state index >= 15 is 0 Å². The lowest BCUT2D eigenvalue weighted by atomic mass is 10.2. The first-order chi connectivity index (χ1) is 10.2. The predicted molar refractivity (Wildman–Crippen MR) is 68.8 cm³/mol. The Balaban J connectivity index is 1.96. The average molecular weight is 297 g/mol. The van der Waals surface area contributed by atoms with Crippen LogP contribution in [-0.2, 0) is 19.1 Å². The van der Waals surface area contributed by atoms with Crippen LogP contribution in [0.1, 0.15) is 10.4 Å². The number of hydrogen-bond donors (Lipinski definition) is 1. The van der Waals surface area contributed by atoms with E-state index in [1.807, 2.05) is 0 Å². The van der Waals surface area contributed by atoms with Gasteiger partial charge in [-0.1, -0.05) is 0 Å². The standard InChI is InChI=1S/C13H15NO7/c1-17-6-11(13(16)18-2)21-14-12(15)8-3-4-9-10(5-8)20-7-19-9/h3-5,11H,6-7H2,1-2H3,(H,14,15). The second-order valence-electron chi connectivity index (χ2n) is 4.08. The van der Waals surface area contributed by atoms with Crippen molar-refractivity contribution in [1.82, 2.24) is 5.48 Å². The van der Waals surface area contributed by atoms with Crippen LogP contribution in [0, 0.1) is 0 Å². The van der Waals surface area contributed by atoms with Crippen LogP contribution in [-0.4, -0.2) is 45.6 Å². The number of benzene rings is 1. The van der Waals surface area contributed by atoms with Crippen molar-refractivity contribution < 1.29 is 33.4 Å². The zero-order chi connectivity index (χ0) is 15.2. The van der Waals surface area contributed by atoms with Crippen LogP contribution in [0.4, 0.5) is 0 Å². The number of carbonyl (C=O) groups is 2. The molecule has 0 spiro atoms. The first-order valence-corrected chi connectivity index (χ1v) is 6.08. The number of carbonyl (C=O) groups excluding carboxylic acids is 2. The molecule has 1 atom stereocenters. The van der Waals surface area contributed by atoms with Crippen LogP contribution in [0.2, 0.25) is 0 Å². The number of nitrogens with one attached hydrogen (secondary N) is 1. The third-order valence-electron chi connectivity index (χ3n) is 2.71. The van der Waals surface area contributed by atoms with Crippen LogP contribution in [0.3, 0.4) is 0 Å². The Labute approximate surface area is 120 Å². The van der Waals surface area contributed by atoms with E-state index in [-0.39, 0.29) is 13.4 Å². The van der Waals surface area contributed by atoms with E-state index in [4.69, 9.17) is 19.0 Å². The number of hydroxylamine groups is 1. The Bertz CT molecular complexity index is 531. The van der Waals surface area contributed by atoms with Crippen LogP contribution < -0.4 is 15.0 Å². The van der Waals surface area contributed by atoms with Crippen molar-refractivity contribution in [2.24, 2.45) is 0 Å². The summed E-state index contributed by atoms with van der Waals surface area (Å²) in [5, 5.41) is 0. The monoisotopic (exact) mass is 297 g/mol. The lowest BCUT2D eigenvalue weighted by molar-refractivity contribution is -0.161. The van der Waals surface area contributed by atoms with E-state index in [2.05, 4.69) is 10.2 Å². The van der Waals surface area contributed by atoms with Gasteiger partial charge in [-0.3, -0.25) is 9.63 Å². The van der Waals surface area contributed by atoms with Gasteiger partial charge in [-0.25, -0.2) is 10.3 Å². The minimum Gasteiger partial charge on any atom is -0.467 e. The fourth-order valence-electron chi connectivity index (χ4n) is 1.65. The minimum atomic E-state index is -1.04. The Kier molecular flexibility index (Phi) is 4.96. The number of amides is 1. The normalized spacial score (nSPS) is 13.6. The van der Waals surface area contributed by atoms with Crippen LogP contribution in [0.15, 0.2) is 18.2 Å². The molecule has 0 aliphatic carbocycles. The van der Waals surface area contributed by atoms with Gasteiger partial charge in [0.15, 0.2) is 11.5 Å². The molecule has 1 heterocycles. The van der Waals surface area contributed by atoms with Gasteiger partial charge in [-0.2, -0.15) is 0 Å². The van der Waals surface area contributed by atoms with Crippen molar-refractivity contribution in [2.45, 2.75) is 6.10 Å². The molecule has 8 heteroatoms. The number of ether oxygens (including phenoxy) is 4. The van der Waals surface area contributed by atoms with Crippen molar-refractivity contribution >= 4 is 11.9 Å². The highest BCUT2D eigenvalue weighted by atomic mass is 16.7. The van der Waals surface area contributed by atoms with Crippen molar-refractivity contribution in [3.63, 3.8) is 0 Å². The first kappa shape index (κ1) is 15.1. The fourth-order valence-corrected chi connectivity index (χ4v) is 1.65. The summed E-state index contributed by atoms with van der Waals surface area (Å²) in [6.07, 6.45) is -1.04. The maximum atomic E-state index is 11.9. The van der Waals surface area contributed by atoms with Gasteiger partial charge in [0.2, 0.25) is 12.9 Å². The number of esters is 1. The second-order valence-corrected chi connectivity index (χ2v) is 4.08. The fraction of sp³-hybridized carbons (Fsp3) is 0.385. The Morgan fingerprint density at radius 2 is 2.05 bits per heavy atom. The van der Waals surface area contributed by atoms with Crippen LogP contribution in [0.25, 0.3) is 0 Å². The van der Waals surface area contributed by atoms with E-state index in [0.29, 0.717) is 17.1 Å². The van der Waals surface area contributed by atoms with Crippen LogP contribution in [0.5, 0.6) is 11.5 Å². The number of methoxy groups -OCH3 is 2. The maximum Gasteiger partial charge on any atom is 0.340 e. The summed E-state index contributed by atoms with van der Waals surface area (Å²) in [6.45, 7) is 0.0727. The summed E-state index contributed by atoms with van der Waals surface area (Å²) in [4.78, 5) is 28.3. The van der Waals surface area contributed by atoms with E-state index in [0.717, 1.165) is 0 Å². The van der Waals surface area contributed by atoms with E-state index in [1.165, 1.54) is 20.3 Å². The summed E-state index contributed by atoms with van der Waals surface area (Å²) in [6, 6.07) is 4.68. The first-order valence-electron chi connectivity index (χ1n) is 6.08. The van der Waals surface area contributed by atoms with Crippen molar-refractivity contribution in [3.8, 4) is 11.5 Å². The smallest absolute Gasteiger partial charge is 0.340 e. The van der Waals surface area contributed by atoms with E-state index < -0.39 is 18.0 Å². The summed E-state index contributed by atoms with van der Waals surface area (Å²) >= 11 is 0. The molecule has 114 valence electrons. The lowest BCUT2D eigenvalue weighted by Crippen LogP contribution is -2.37. The molecule has 1 unspecified atom stereocenters. The molecule has 0 radical (unpaired) electrons. The van der Waals surface area contributed by atoms with Crippen molar-refractivity contribution in [2.75, 3.05) is 27.6 Å². The SMILES string of the molecule is COCC(ONC(=O)c1ccc2c(c1)OCO2)C(=O)OC. The molecular formula is C13H15NO7. The molecule has 1 aliphatic heterocycles. The van der Waals surface area contributed by atoms with Gasteiger partial charge in [-0.15, -0.1) is 0 Å². The third kappa shape index (κ3) is 3.61. The molecule has 1 aromatic carbocycles. The molecule has 1 amide bonds. The average Bonchev–Trinajstić information content (AvgIpc) is 2.97. The van der Waals surface area contributed by atoms with Crippen LogP contribution >= 0.6 is 0 Å². The van der Waals surface area contributed by atoms with Gasteiger partial charge >= 0.3 is 5.97 Å². The predicted octanol–water partition coefficient (Wildman–Crippen LogP) is 0.265. The lowest BCUT2D eigenvalue weighted by Gasteiger charge is -2.14. The Morgan fingerprint density at radius 1 is 1.29 bits per heavy atom. The highest BCUT2D eigenvalue weighted by Gasteiger charge is 2.22. The quantitative estimate of drug-likeness (QED) is 0.595. The maximum absolute atomic E-state index is 11.9. The van der Waals surface area contributed by atoms with Gasteiger partial charge < -0.3 is 18.9 Å². The molecule has 0 saturated carbocycles. The van der Waals surface area contributed by atoms with E-state index in [9.17, 15) is 9.59 Å². The van der Waals surface area contributed by atoms with Gasteiger partial charge in [0, 0.05) is 12.7 Å². The highest BCUT2D eigenvalue weighted by molar-refractivity contribution is 5.94. The second kappa shape index (κ2) is 6.91. The molecule has 8 nitrogen and oxygen atoms in total. The zero-order valence-corrected chi connectivity index (χ0v) is 11.6. The summed E-state index contributed by atoms with van der Waals surface area (Å²) in [7, 11) is 2.62. The molecule has 0 fully saturated rings. The molecule has 21 heavy (non-hydrogen) atoms. The number of rotatable bonds is 6. The molecular weight excluding hydrogens is 282 g/mol. The molecule has 1 N–H and O–H groups in total. The topological polar surface area (TPSA) is 92.3 Å². The minimum absolute atomic E-state index is 0.0475. The Morgan fingerprint density at radius 3 is 2.76 bits per heavy atom. The van der Waals surface area contributed by atoms with Crippen molar-refractivity contribution in [1.29, 1.82) is 0 Å². The molecule has 2 rings (SSSR count). The summed E-state index contributed by atoms with van der Waals surface area (Å²) < 4.78 is 19.7.